The molecule has 1 heterocycles. The zero-order valence-electron chi connectivity index (χ0n) is 12.5. The van der Waals surface area contributed by atoms with Crippen molar-refractivity contribution in [2.45, 2.75) is 6.10 Å². The number of aliphatic hydroxyl groups excluding tert-OH is 1. The molecule has 2 aromatic carbocycles. The summed E-state index contributed by atoms with van der Waals surface area (Å²) in [5.41, 5.74) is 1.68. The third-order valence-corrected chi connectivity index (χ3v) is 3.79. The van der Waals surface area contributed by atoms with Crippen LogP contribution in [-0.2, 0) is 0 Å². The van der Waals surface area contributed by atoms with Gasteiger partial charge in [-0.15, -0.1) is 5.10 Å². The normalized spacial score (nSPS) is 11.9. The van der Waals surface area contributed by atoms with Crippen LogP contribution in [0.4, 0.5) is 0 Å². The highest BCUT2D eigenvalue weighted by Gasteiger charge is 2.13. The van der Waals surface area contributed by atoms with Gasteiger partial charge in [0, 0.05) is 22.7 Å². The fourth-order valence-electron chi connectivity index (χ4n) is 2.22. The number of amides is 1. The van der Waals surface area contributed by atoms with Crippen LogP contribution in [0.3, 0.4) is 0 Å². The van der Waals surface area contributed by atoms with Gasteiger partial charge in [-0.1, -0.05) is 35.9 Å². The van der Waals surface area contributed by atoms with Crippen molar-refractivity contribution in [2.24, 2.45) is 0 Å². The van der Waals surface area contributed by atoms with Crippen LogP contribution in [-0.4, -0.2) is 37.8 Å². The predicted molar refractivity (Wildman–Crippen MR) is 87.9 cm³/mol. The number of rotatable bonds is 5. The monoisotopic (exact) mass is 343 g/mol. The van der Waals surface area contributed by atoms with Crippen LogP contribution >= 0.6 is 11.6 Å². The van der Waals surface area contributed by atoms with Crippen molar-refractivity contribution in [1.82, 2.24) is 25.5 Å². The minimum Gasteiger partial charge on any atom is -0.387 e. The molecule has 0 saturated carbocycles. The van der Waals surface area contributed by atoms with E-state index in [2.05, 4.69) is 20.8 Å². The average molecular weight is 344 g/mol. The van der Waals surface area contributed by atoms with Gasteiger partial charge in [0.05, 0.1) is 11.8 Å². The van der Waals surface area contributed by atoms with Gasteiger partial charge < -0.3 is 10.4 Å². The van der Waals surface area contributed by atoms with Crippen LogP contribution < -0.4 is 5.32 Å². The molecule has 0 bridgehead atoms. The molecule has 3 rings (SSSR count). The molecule has 1 amide bonds. The van der Waals surface area contributed by atoms with Crippen LogP contribution in [0.2, 0.25) is 5.02 Å². The summed E-state index contributed by atoms with van der Waals surface area (Å²) in [5, 5.41) is 24.2. The van der Waals surface area contributed by atoms with Gasteiger partial charge in [0.15, 0.2) is 0 Å². The Balaban J connectivity index is 1.67. The fraction of sp³-hybridized carbons (Fsp3) is 0.125. The molecule has 1 aromatic heterocycles. The fourth-order valence-corrected chi connectivity index (χ4v) is 2.48. The molecule has 0 spiro atoms. The quantitative estimate of drug-likeness (QED) is 0.736. The molecule has 0 saturated heterocycles. The van der Waals surface area contributed by atoms with E-state index in [4.69, 9.17) is 11.6 Å². The summed E-state index contributed by atoms with van der Waals surface area (Å²) < 4.78 is 1.45. The summed E-state index contributed by atoms with van der Waals surface area (Å²) >= 11 is 6.04. The molecule has 0 aliphatic rings. The highest BCUT2D eigenvalue weighted by atomic mass is 35.5. The van der Waals surface area contributed by atoms with Crippen LogP contribution in [0.5, 0.6) is 0 Å². The van der Waals surface area contributed by atoms with E-state index in [1.54, 1.807) is 48.5 Å². The van der Waals surface area contributed by atoms with E-state index >= 15 is 0 Å². The van der Waals surface area contributed by atoms with E-state index in [1.165, 1.54) is 11.0 Å². The summed E-state index contributed by atoms with van der Waals surface area (Å²) in [6.07, 6.45) is 0.559. The molecule has 1 atom stereocenters. The number of benzene rings is 2. The van der Waals surface area contributed by atoms with Gasteiger partial charge in [-0.3, -0.25) is 4.79 Å². The summed E-state index contributed by atoms with van der Waals surface area (Å²) in [5.74, 6) is -0.309. The summed E-state index contributed by atoms with van der Waals surface area (Å²) in [4.78, 5) is 12.3. The molecule has 122 valence electrons. The van der Waals surface area contributed by atoms with Gasteiger partial charge in [0.25, 0.3) is 5.91 Å². The average Bonchev–Trinajstić information content (AvgIpc) is 3.14. The lowest BCUT2D eigenvalue weighted by Gasteiger charge is -2.14. The first-order valence-electron chi connectivity index (χ1n) is 7.19. The summed E-state index contributed by atoms with van der Waals surface area (Å²) in [6, 6.07) is 13.8. The number of aromatic nitrogens is 4. The van der Waals surface area contributed by atoms with Crippen LogP contribution in [0.25, 0.3) is 5.69 Å². The zero-order chi connectivity index (χ0) is 16.9. The first kappa shape index (κ1) is 16.1. The molecule has 0 fully saturated rings. The number of hydrogen-bond donors (Lipinski definition) is 2. The van der Waals surface area contributed by atoms with Crippen LogP contribution in [0, 0.1) is 0 Å². The molecule has 0 unspecified atom stereocenters. The Morgan fingerprint density at radius 1 is 1.25 bits per heavy atom. The first-order chi connectivity index (χ1) is 11.6. The zero-order valence-corrected chi connectivity index (χ0v) is 13.3. The van der Waals surface area contributed by atoms with E-state index in [-0.39, 0.29) is 12.5 Å². The second-order valence-corrected chi connectivity index (χ2v) is 5.46. The smallest absolute Gasteiger partial charge is 0.251 e. The third kappa shape index (κ3) is 3.58. The molecule has 0 radical (unpaired) electrons. The van der Waals surface area contributed by atoms with E-state index in [9.17, 15) is 9.90 Å². The Labute approximate surface area is 142 Å². The van der Waals surface area contributed by atoms with Crippen molar-refractivity contribution in [1.29, 1.82) is 0 Å². The molecule has 24 heavy (non-hydrogen) atoms. The van der Waals surface area contributed by atoms with Gasteiger partial charge in [0.2, 0.25) is 0 Å². The highest BCUT2D eigenvalue weighted by Crippen LogP contribution is 2.22. The van der Waals surface area contributed by atoms with Crippen molar-refractivity contribution in [3.8, 4) is 5.69 Å². The Hall–Kier alpha value is -2.77. The first-order valence-corrected chi connectivity index (χ1v) is 7.57. The summed E-state index contributed by atoms with van der Waals surface area (Å²) in [7, 11) is 0. The standard InChI is InChI=1S/C16H14ClN5O2/c17-14-7-2-1-6-13(14)15(23)9-18-16(24)11-4-3-5-12(8-11)22-10-19-20-21-22/h1-8,10,15,23H,9H2,(H,18,24)/t15-/m0/s1. The molecule has 0 aliphatic heterocycles. The van der Waals surface area contributed by atoms with Crippen LogP contribution in [0.15, 0.2) is 54.9 Å². The second kappa shape index (κ2) is 7.20. The molecule has 2 N–H and O–H groups in total. The minimum atomic E-state index is -0.884. The van der Waals surface area contributed by atoms with E-state index in [0.29, 0.717) is 21.8 Å². The molecular formula is C16H14ClN5O2. The van der Waals surface area contributed by atoms with E-state index in [1.807, 2.05) is 0 Å². The van der Waals surface area contributed by atoms with Crippen molar-refractivity contribution >= 4 is 17.5 Å². The lowest BCUT2D eigenvalue weighted by Crippen LogP contribution is -2.28. The van der Waals surface area contributed by atoms with Gasteiger partial charge in [-0.25, -0.2) is 4.68 Å². The van der Waals surface area contributed by atoms with Gasteiger partial charge in [-0.05, 0) is 34.7 Å². The van der Waals surface area contributed by atoms with Crippen molar-refractivity contribution in [3.63, 3.8) is 0 Å². The SMILES string of the molecule is O=C(NC[C@H](O)c1ccccc1Cl)c1cccc(-n2cnnn2)c1. The summed E-state index contributed by atoms with van der Waals surface area (Å²) in [6.45, 7) is 0.0532. The number of nitrogens with one attached hydrogen (secondary N) is 1. The number of hydrogen-bond acceptors (Lipinski definition) is 5. The Kier molecular flexibility index (Phi) is 4.83. The maximum absolute atomic E-state index is 12.3. The topological polar surface area (TPSA) is 92.9 Å². The minimum absolute atomic E-state index is 0.0532. The third-order valence-electron chi connectivity index (χ3n) is 3.44. The maximum Gasteiger partial charge on any atom is 0.251 e. The number of tetrazole rings is 1. The van der Waals surface area contributed by atoms with Gasteiger partial charge in [-0.2, -0.15) is 0 Å². The molecular weight excluding hydrogens is 330 g/mol. The number of carbonyl (C=O) groups excluding carboxylic acids is 1. The Morgan fingerprint density at radius 2 is 2.08 bits per heavy atom. The Morgan fingerprint density at radius 3 is 2.83 bits per heavy atom. The van der Waals surface area contributed by atoms with Crippen molar-refractivity contribution in [3.05, 3.63) is 71.0 Å². The Bertz CT molecular complexity index is 838. The van der Waals surface area contributed by atoms with Crippen molar-refractivity contribution in [2.75, 3.05) is 6.54 Å². The lowest BCUT2D eigenvalue weighted by atomic mass is 10.1. The number of nitrogens with zero attached hydrogens (tertiary/aromatic N) is 4. The second-order valence-electron chi connectivity index (χ2n) is 5.05. The number of aliphatic hydroxyl groups is 1. The molecule has 3 aromatic rings. The molecule has 8 heteroatoms. The molecule has 7 nitrogen and oxygen atoms in total. The number of halogens is 1. The lowest BCUT2D eigenvalue weighted by molar-refractivity contribution is 0.0916. The highest BCUT2D eigenvalue weighted by molar-refractivity contribution is 6.31. The van der Waals surface area contributed by atoms with E-state index in [0.717, 1.165) is 0 Å². The number of carbonyl (C=O) groups is 1. The molecule has 0 aliphatic carbocycles. The van der Waals surface area contributed by atoms with Crippen molar-refractivity contribution < 1.29 is 9.90 Å². The van der Waals surface area contributed by atoms with E-state index < -0.39 is 6.10 Å². The van der Waals surface area contributed by atoms with Gasteiger partial charge >= 0.3 is 0 Å². The predicted octanol–water partition coefficient (Wildman–Crippen LogP) is 1.78. The maximum atomic E-state index is 12.3. The van der Waals surface area contributed by atoms with Gasteiger partial charge in [0.1, 0.15) is 6.33 Å². The largest absolute Gasteiger partial charge is 0.387 e. The van der Waals surface area contributed by atoms with Crippen LogP contribution in [0.1, 0.15) is 22.0 Å².